The first kappa shape index (κ1) is 18.7. The summed E-state index contributed by atoms with van der Waals surface area (Å²) in [6, 6.07) is 21.0. The van der Waals surface area contributed by atoms with Gasteiger partial charge in [-0.3, -0.25) is 4.79 Å². The Balaban J connectivity index is 1.45. The number of carbonyl (C=O) groups is 1. The molecule has 0 unspecified atom stereocenters. The van der Waals surface area contributed by atoms with Crippen molar-refractivity contribution in [2.24, 2.45) is 0 Å². The highest BCUT2D eigenvalue weighted by atomic mass is 19.1. The molecule has 6 nitrogen and oxygen atoms in total. The van der Waals surface area contributed by atoms with Gasteiger partial charge in [0.25, 0.3) is 5.91 Å². The summed E-state index contributed by atoms with van der Waals surface area (Å²) in [5.41, 5.74) is 4.35. The van der Waals surface area contributed by atoms with Crippen molar-refractivity contribution in [2.45, 2.75) is 6.92 Å². The third kappa shape index (κ3) is 3.57. The number of halogens is 1. The Morgan fingerprint density at radius 1 is 1.00 bits per heavy atom. The first-order valence-corrected chi connectivity index (χ1v) is 9.67. The number of anilines is 1. The summed E-state index contributed by atoms with van der Waals surface area (Å²) < 4.78 is 18.8. The molecule has 2 N–H and O–H groups in total. The van der Waals surface area contributed by atoms with Crippen molar-refractivity contribution in [2.75, 3.05) is 5.32 Å². The minimum absolute atomic E-state index is 0.318. The average molecular weight is 412 g/mol. The number of aromatic amines is 1. The molecule has 2 aromatic heterocycles. The van der Waals surface area contributed by atoms with Crippen molar-refractivity contribution >= 4 is 22.6 Å². The normalized spacial score (nSPS) is 11.0. The van der Waals surface area contributed by atoms with E-state index in [1.807, 2.05) is 30.3 Å². The quantitative estimate of drug-likeness (QED) is 0.403. The minimum Gasteiger partial charge on any atom is -0.360 e. The zero-order valence-corrected chi connectivity index (χ0v) is 16.5. The lowest BCUT2D eigenvalue weighted by Crippen LogP contribution is -2.13. The van der Waals surface area contributed by atoms with E-state index in [1.54, 1.807) is 37.3 Å². The maximum atomic E-state index is 13.5. The summed E-state index contributed by atoms with van der Waals surface area (Å²) in [4.78, 5) is 20.7. The first-order valence-electron chi connectivity index (χ1n) is 9.67. The molecule has 0 spiro atoms. The molecule has 5 aromatic rings. The van der Waals surface area contributed by atoms with Gasteiger partial charge in [0.05, 0.1) is 11.0 Å². The van der Waals surface area contributed by atoms with Crippen LogP contribution in [0.2, 0.25) is 0 Å². The third-order valence-corrected chi connectivity index (χ3v) is 4.97. The number of hydrogen-bond acceptors (Lipinski definition) is 4. The lowest BCUT2D eigenvalue weighted by Gasteiger charge is -2.06. The van der Waals surface area contributed by atoms with Gasteiger partial charge in [-0.15, -0.1) is 0 Å². The van der Waals surface area contributed by atoms with Crippen molar-refractivity contribution in [1.29, 1.82) is 0 Å². The Bertz CT molecular complexity index is 1410. The van der Waals surface area contributed by atoms with Crippen LogP contribution in [-0.4, -0.2) is 21.0 Å². The van der Waals surface area contributed by atoms with E-state index in [4.69, 9.17) is 4.52 Å². The highest BCUT2D eigenvalue weighted by molar-refractivity contribution is 6.09. The largest absolute Gasteiger partial charge is 0.360 e. The van der Waals surface area contributed by atoms with Gasteiger partial charge in [0.1, 0.15) is 28.7 Å². The second-order valence-corrected chi connectivity index (χ2v) is 7.11. The number of fused-ring (bicyclic) bond motifs is 1. The molecule has 5 rings (SSSR count). The summed E-state index contributed by atoms with van der Waals surface area (Å²) in [7, 11) is 0. The van der Waals surface area contributed by atoms with E-state index in [2.05, 4.69) is 20.4 Å². The molecule has 1 amide bonds. The van der Waals surface area contributed by atoms with E-state index < -0.39 is 0 Å². The third-order valence-electron chi connectivity index (χ3n) is 4.97. The standard InChI is InChI=1S/C24H17FN4O2/c1-14-21(22(29-31-14)15-6-3-2-4-7-15)24(30)26-18-10-11-19-20(13-18)28-23(27-19)16-8-5-9-17(25)12-16/h2-13H,1H3,(H,26,30)(H,27,28). The molecule has 31 heavy (non-hydrogen) atoms. The molecule has 0 saturated heterocycles. The number of aryl methyl sites for hydroxylation is 1. The molecule has 0 saturated carbocycles. The number of carbonyl (C=O) groups excluding carboxylic acids is 1. The van der Waals surface area contributed by atoms with E-state index in [0.717, 1.165) is 11.1 Å². The van der Waals surface area contributed by atoms with Crippen molar-refractivity contribution in [1.82, 2.24) is 15.1 Å². The topological polar surface area (TPSA) is 83.8 Å². The van der Waals surface area contributed by atoms with Gasteiger partial charge in [-0.2, -0.15) is 0 Å². The number of nitrogens with one attached hydrogen (secondary N) is 2. The minimum atomic E-state index is -0.329. The number of nitrogens with zero attached hydrogens (tertiary/aromatic N) is 2. The number of aromatic nitrogens is 3. The molecular formula is C24H17FN4O2. The van der Waals surface area contributed by atoms with Gasteiger partial charge < -0.3 is 14.8 Å². The van der Waals surface area contributed by atoms with Gasteiger partial charge >= 0.3 is 0 Å². The number of rotatable bonds is 4. The Morgan fingerprint density at radius 3 is 2.61 bits per heavy atom. The van der Waals surface area contributed by atoms with E-state index in [1.165, 1.54) is 12.1 Å². The van der Waals surface area contributed by atoms with E-state index >= 15 is 0 Å². The molecule has 0 atom stereocenters. The molecule has 3 aromatic carbocycles. The summed E-state index contributed by atoms with van der Waals surface area (Å²) >= 11 is 0. The molecule has 0 fully saturated rings. The summed E-state index contributed by atoms with van der Waals surface area (Å²) in [6.07, 6.45) is 0. The van der Waals surface area contributed by atoms with E-state index in [-0.39, 0.29) is 11.7 Å². The molecule has 0 aliphatic rings. The number of imidazole rings is 1. The van der Waals surface area contributed by atoms with Crippen LogP contribution in [0.5, 0.6) is 0 Å². The molecular weight excluding hydrogens is 395 g/mol. The predicted octanol–water partition coefficient (Wildman–Crippen LogP) is 5.58. The Kier molecular flexibility index (Phi) is 4.55. The highest BCUT2D eigenvalue weighted by Gasteiger charge is 2.22. The smallest absolute Gasteiger partial charge is 0.261 e. The molecule has 2 heterocycles. The molecule has 7 heteroatoms. The predicted molar refractivity (Wildman–Crippen MR) is 116 cm³/mol. The number of H-pyrrole nitrogens is 1. The monoisotopic (exact) mass is 412 g/mol. The van der Waals surface area contributed by atoms with Gasteiger partial charge in [0.15, 0.2) is 0 Å². The van der Waals surface area contributed by atoms with Crippen LogP contribution in [0.1, 0.15) is 16.1 Å². The lowest BCUT2D eigenvalue weighted by atomic mass is 10.1. The van der Waals surface area contributed by atoms with E-state index in [9.17, 15) is 9.18 Å². The second kappa shape index (κ2) is 7.53. The van der Waals surface area contributed by atoms with Gasteiger partial charge in [0.2, 0.25) is 0 Å². The van der Waals surface area contributed by atoms with Crippen LogP contribution in [0.4, 0.5) is 10.1 Å². The van der Waals surface area contributed by atoms with Crippen LogP contribution in [0.3, 0.4) is 0 Å². The first-order chi connectivity index (χ1) is 15.1. The maximum Gasteiger partial charge on any atom is 0.261 e. The van der Waals surface area contributed by atoms with Crippen LogP contribution in [-0.2, 0) is 0 Å². The number of amides is 1. The fraction of sp³-hybridized carbons (Fsp3) is 0.0417. The summed E-state index contributed by atoms with van der Waals surface area (Å²) in [5.74, 6) is 0.345. The van der Waals surface area contributed by atoms with Gasteiger partial charge in [0, 0.05) is 16.8 Å². The summed E-state index contributed by atoms with van der Waals surface area (Å²) in [5, 5.41) is 6.96. The molecule has 0 aliphatic carbocycles. The van der Waals surface area contributed by atoms with Gasteiger partial charge in [-0.05, 0) is 37.3 Å². The lowest BCUT2D eigenvalue weighted by molar-refractivity contribution is 0.102. The molecule has 0 aliphatic heterocycles. The zero-order chi connectivity index (χ0) is 21.4. The fourth-order valence-electron chi connectivity index (χ4n) is 3.49. The number of hydrogen-bond donors (Lipinski definition) is 2. The Morgan fingerprint density at radius 2 is 1.81 bits per heavy atom. The molecule has 0 bridgehead atoms. The SMILES string of the molecule is Cc1onc(-c2ccccc2)c1C(=O)Nc1ccc2nc(-c3cccc(F)c3)[nH]c2c1. The van der Waals surface area contributed by atoms with Crippen molar-refractivity contribution in [3.8, 4) is 22.6 Å². The van der Waals surface area contributed by atoms with Crippen molar-refractivity contribution in [3.63, 3.8) is 0 Å². The van der Waals surface area contributed by atoms with Crippen molar-refractivity contribution < 1.29 is 13.7 Å². The van der Waals surface area contributed by atoms with Crippen LogP contribution >= 0.6 is 0 Å². The zero-order valence-electron chi connectivity index (χ0n) is 16.5. The number of benzene rings is 3. The Labute approximate surface area is 176 Å². The molecule has 0 radical (unpaired) electrons. The van der Waals surface area contributed by atoms with Crippen LogP contribution < -0.4 is 5.32 Å². The average Bonchev–Trinajstić information content (AvgIpc) is 3.37. The van der Waals surface area contributed by atoms with Gasteiger partial charge in [-0.25, -0.2) is 9.37 Å². The molecule has 152 valence electrons. The second-order valence-electron chi connectivity index (χ2n) is 7.11. The van der Waals surface area contributed by atoms with E-state index in [0.29, 0.717) is 39.6 Å². The Hall–Kier alpha value is -4.26. The van der Waals surface area contributed by atoms with Crippen LogP contribution in [0, 0.1) is 12.7 Å². The highest BCUT2D eigenvalue weighted by Crippen LogP contribution is 2.27. The van der Waals surface area contributed by atoms with Crippen molar-refractivity contribution in [3.05, 3.63) is 89.9 Å². The fourth-order valence-corrected chi connectivity index (χ4v) is 3.49. The maximum absolute atomic E-state index is 13.5. The van der Waals surface area contributed by atoms with Crippen LogP contribution in [0.15, 0.2) is 77.3 Å². The summed E-state index contributed by atoms with van der Waals surface area (Å²) in [6.45, 7) is 1.71. The van der Waals surface area contributed by atoms with Gasteiger partial charge in [-0.1, -0.05) is 47.6 Å². The van der Waals surface area contributed by atoms with Crippen LogP contribution in [0.25, 0.3) is 33.7 Å².